The lowest BCUT2D eigenvalue weighted by atomic mass is 10.1. The van der Waals surface area contributed by atoms with Gasteiger partial charge in [-0.3, -0.25) is 4.98 Å². The van der Waals surface area contributed by atoms with Crippen molar-refractivity contribution in [3.8, 4) is 0 Å². The summed E-state index contributed by atoms with van der Waals surface area (Å²) in [6, 6.07) is 0. The molecule has 1 atom stereocenters. The van der Waals surface area contributed by atoms with Crippen LogP contribution in [0.15, 0.2) is 37.4 Å². The molecule has 0 saturated carbocycles. The Morgan fingerprint density at radius 1 is 1.38 bits per heavy atom. The highest BCUT2D eigenvalue weighted by Gasteiger charge is 2.36. The highest BCUT2D eigenvalue weighted by atomic mass is 15.3. The van der Waals surface area contributed by atoms with Crippen LogP contribution in [0.2, 0.25) is 0 Å². The third-order valence-corrected chi connectivity index (χ3v) is 3.15. The van der Waals surface area contributed by atoms with Crippen molar-refractivity contribution in [2.45, 2.75) is 32.4 Å². The number of aromatic nitrogens is 4. The molecule has 2 aromatic heterocycles. The first-order valence-corrected chi connectivity index (χ1v) is 5.75. The second-order valence-electron chi connectivity index (χ2n) is 4.47. The number of nitrogens with zero attached hydrogens (tertiary/aromatic N) is 3. The summed E-state index contributed by atoms with van der Waals surface area (Å²) in [5, 5.41) is 0. The van der Waals surface area contributed by atoms with Crippen LogP contribution in [0.5, 0.6) is 0 Å². The molecule has 0 aliphatic rings. The molecule has 1 unspecified atom stereocenters. The van der Waals surface area contributed by atoms with Gasteiger partial charge in [-0.1, -0.05) is 6.92 Å². The van der Waals surface area contributed by atoms with E-state index in [1.165, 1.54) is 0 Å². The summed E-state index contributed by atoms with van der Waals surface area (Å²) in [7, 11) is 2.05. The number of nitrogens with one attached hydrogen (secondary N) is 1. The van der Waals surface area contributed by atoms with E-state index in [0.29, 0.717) is 0 Å². The molecule has 0 spiro atoms. The molecule has 2 aromatic rings. The lowest BCUT2D eigenvalue weighted by molar-refractivity contribution is -0.770. The van der Waals surface area contributed by atoms with Crippen LogP contribution in [0.25, 0.3) is 0 Å². The van der Waals surface area contributed by atoms with E-state index in [1.807, 2.05) is 19.6 Å². The Bertz CT molecular complexity index is 443. The maximum Gasteiger partial charge on any atom is 0.249 e. The Balaban J connectivity index is 2.43. The van der Waals surface area contributed by atoms with Gasteiger partial charge in [0, 0.05) is 13.3 Å². The summed E-state index contributed by atoms with van der Waals surface area (Å²) in [6.45, 7) is 4.47. The maximum absolute atomic E-state index is 3.11. The number of H-pyrrole nitrogens is 1. The average molecular weight is 220 g/mol. The molecule has 0 fully saturated rings. The average Bonchev–Trinajstić information content (AvgIpc) is 2.87. The van der Waals surface area contributed by atoms with Gasteiger partial charge in [0.2, 0.25) is 18.3 Å². The first kappa shape index (κ1) is 10.9. The third-order valence-electron chi connectivity index (χ3n) is 3.15. The largest absolute Gasteiger partial charge is 0.250 e. The van der Waals surface area contributed by atoms with Crippen LogP contribution >= 0.6 is 0 Å². The number of rotatable bonds is 4. The van der Waals surface area contributed by atoms with Gasteiger partial charge in [-0.15, -0.1) is 0 Å². The molecule has 2 rings (SSSR count). The fourth-order valence-corrected chi connectivity index (χ4v) is 2.19. The molecule has 16 heavy (non-hydrogen) atoms. The summed E-state index contributed by atoms with van der Waals surface area (Å²) >= 11 is 0. The smallest absolute Gasteiger partial charge is 0.249 e. The van der Waals surface area contributed by atoms with E-state index in [9.17, 15) is 0 Å². The van der Waals surface area contributed by atoms with Gasteiger partial charge in [0.05, 0.1) is 7.05 Å². The molecule has 86 valence electrons. The van der Waals surface area contributed by atoms with Crippen molar-refractivity contribution in [2.75, 3.05) is 0 Å². The molecular formula is C12H20N4+2. The van der Waals surface area contributed by atoms with Crippen LogP contribution in [0.1, 0.15) is 26.7 Å². The Morgan fingerprint density at radius 2 is 2.19 bits per heavy atom. The Hall–Kier alpha value is -1.58. The van der Waals surface area contributed by atoms with Crippen LogP contribution in [0.3, 0.4) is 0 Å². The number of imidazole rings is 2. The Kier molecular flexibility index (Phi) is 2.81. The summed E-state index contributed by atoms with van der Waals surface area (Å²) in [5.74, 6) is 0. The minimum Gasteiger partial charge on any atom is -0.250 e. The SMILES string of the molecule is CCCC(C)(n1cc[n+](C)c1)[n+]1cc[nH]c1. The van der Waals surface area contributed by atoms with Crippen molar-refractivity contribution in [3.05, 3.63) is 37.4 Å². The van der Waals surface area contributed by atoms with Crippen LogP contribution < -0.4 is 9.13 Å². The second-order valence-corrected chi connectivity index (χ2v) is 4.47. The van der Waals surface area contributed by atoms with Crippen LogP contribution in [-0.2, 0) is 12.7 Å². The molecular weight excluding hydrogens is 200 g/mol. The lowest BCUT2D eigenvalue weighted by Crippen LogP contribution is -2.57. The van der Waals surface area contributed by atoms with Crippen molar-refractivity contribution in [1.82, 2.24) is 9.55 Å². The summed E-state index contributed by atoms with van der Waals surface area (Å²) in [6.07, 6.45) is 14.6. The standard InChI is InChI=1S/C12H19N4/c1-4-5-12(2,15-7-6-13-10-15)16-9-8-14(3)11-16/h6-11H,4-5H2,1-3H3/q+1/p+1. The minimum absolute atomic E-state index is 0.0317. The van der Waals surface area contributed by atoms with Gasteiger partial charge in [0.15, 0.2) is 0 Å². The molecule has 0 radical (unpaired) electrons. The van der Waals surface area contributed by atoms with Crippen LogP contribution in [0, 0.1) is 0 Å². The van der Waals surface area contributed by atoms with E-state index >= 15 is 0 Å². The minimum atomic E-state index is -0.0317. The van der Waals surface area contributed by atoms with E-state index < -0.39 is 0 Å². The third kappa shape index (κ3) is 1.75. The van der Waals surface area contributed by atoms with Crippen molar-refractivity contribution in [2.24, 2.45) is 7.05 Å². The fourth-order valence-electron chi connectivity index (χ4n) is 2.19. The first-order chi connectivity index (χ1) is 7.66. The summed E-state index contributed by atoms with van der Waals surface area (Å²) < 4.78 is 6.54. The van der Waals surface area contributed by atoms with Crippen LogP contribution in [0.4, 0.5) is 0 Å². The molecule has 0 aliphatic carbocycles. The number of aryl methyl sites for hydroxylation is 1. The van der Waals surface area contributed by atoms with Gasteiger partial charge in [0.25, 0.3) is 0 Å². The Labute approximate surface area is 96.2 Å². The van der Waals surface area contributed by atoms with Gasteiger partial charge in [-0.2, -0.15) is 9.13 Å². The highest BCUT2D eigenvalue weighted by molar-refractivity contribution is 4.78. The summed E-state index contributed by atoms with van der Waals surface area (Å²) in [5.41, 5.74) is -0.0317. The first-order valence-electron chi connectivity index (χ1n) is 5.75. The lowest BCUT2D eigenvalue weighted by Gasteiger charge is -2.22. The number of aromatic amines is 1. The van der Waals surface area contributed by atoms with E-state index in [-0.39, 0.29) is 5.66 Å². The molecule has 4 heteroatoms. The van der Waals surface area contributed by atoms with Crippen molar-refractivity contribution in [3.63, 3.8) is 0 Å². The normalized spacial score (nSPS) is 14.9. The van der Waals surface area contributed by atoms with Crippen molar-refractivity contribution >= 4 is 0 Å². The molecule has 0 aliphatic heterocycles. The van der Waals surface area contributed by atoms with Gasteiger partial charge in [-0.05, 0) is 6.42 Å². The fraction of sp³-hybridized carbons (Fsp3) is 0.500. The Morgan fingerprint density at radius 3 is 2.69 bits per heavy atom. The topological polar surface area (TPSA) is 28.5 Å². The molecule has 0 bridgehead atoms. The molecule has 1 N–H and O–H groups in total. The number of hydrogen-bond acceptors (Lipinski definition) is 0. The summed E-state index contributed by atoms with van der Waals surface area (Å²) in [4.78, 5) is 3.11. The number of hydrogen-bond donors (Lipinski definition) is 1. The van der Waals surface area contributed by atoms with Gasteiger partial charge < -0.3 is 0 Å². The monoisotopic (exact) mass is 220 g/mol. The molecule has 4 nitrogen and oxygen atoms in total. The zero-order chi connectivity index (χ0) is 11.6. The van der Waals surface area contributed by atoms with E-state index in [4.69, 9.17) is 0 Å². The van der Waals surface area contributed by atoms with Crippen molar-refractivity contribution in [1.29, 1.82) is 0 Å². The van der Waals surface area contributed by atoms with E-state index in [0.717, 1.165) is 12.8 Å². The van der Waals surface area contributed by atoms with E-state index in [2.05, 4.69) is 57.5 Å². The van der Waals surface area contributed by atoms with Crippen molar-refractivity contribution < 1.29 is 9.13 Å². The van der Waals surface area contributed by atoms with Gasteiger partial charge in [0.1, 0.15) is 24.8 Å². The predicted octanol–water partition coefficient (Wildman–Crippen LogP) is 0.949. The molecule has 0 amide bonds. The zero-order valence-electron chi connectivity index (χ0n) is 10.2. The zero-order valence-corrected chi connectivity index (χ0v) is 10.2. The van der Waals surface area contributed by atoms with Crippen LogP contribution in [-0.4, -0.2) is 9.55 Å². The predicted molar refractivity (Wildman–Crippen MR) is 60.5 cm³/mol. The maximum atomic E-state index is 3.11. The second kappa shape index (κ2) is 4.12. The van der Waals surface area contributed by atoms with E-state index in [1.54, 1.807) is 0 Å². The van der Waals surface area contributed by atoms with Gasteiger partial charge in [-0.25, -0.2) is 4.57 Å². The molecule has 2 heterocycles. The quantitative estimate of drug-likeness (QED) is 0.743. The van der Waals surface area contributed by atoms with Gasteiger partial charge >= 0.3 is 0 Å². The molecule has 0 saturated heterocycles. The highest BCUT2D eigenvalue weighted by Crippen LogP contribution is 2.17. The molecule has 0 aromatic carbocycles.